The van der Waals surface area contributed by atoms with Gasteiger partial charge < -0.3 is 15.4 Å². The zero-order chi connectivity index (χ0) is 21.0. The van der Waals surface area contributed by atoms with E-state index in [4.69, 9.17) is 10.8 Å². The Hall–Kier alpha value is -2.22. The van der Waals surface area contributed by atoms with Crippen molar-refractivity contribution in [3.05, 3.63) is 24.0 Å². The maximum Gasteiger partial charge on any atom is 0.387 e. The second kappa shape index (κ2) is 7.48. The summed E-state index contributed by atoms with van der Waals surface area (Å²) in [6, 6.07) is 4.59. The second-order valence-corrected chi connectivity index (χ2v) is 9.20. The van der Waals surface area contributed by atoms with Gasteiger partial charge in [-0.3, -0.25) is 4.68 Å². The number of nitrogens with zero attached hydrogens (tertiary/aromatic N) is 4. The van der Waals surface area contributed by atoms with Gasteiger partial charge >= 0.3 is 6.61 Å². The van der Waals surface area contributed by atoms with E-state index in [1.165, 1.54) is 50.5 Å². The topological polar surface area (TPSA) is 69.2 Å². The Balaban J connectivity index is 1.38. The third kappa shape index (κ3) is 3.45. The van der Waals surface area contributed by atoms with Gasteiger partial charge in [-0.05, 0) is 76.6 Å². The van der Waals surface area contributed by atoms with Crippen LogP contribution in [0.4, 0.5) is 14.6 Å². The van der Waals surface area contributed by atoms with Gasteiger partial charge in [0, 0.05) is 35.5 Å². The molecule has 8 heteroatoms. The van der Waals surface area contributed by atoms with Crippen LogP contribution in [0.1, 0.15) is 57.2 Å². The number of likely N-dealkylation sites (tertiary alicyclic amines) is 1. The fourth-order valence-corrected chi connectivity index (χ4v) is 5.65. The number of alkyl halides is 2. The van der Waals surface area contributed by atoms with Crippen molar-refractivity contribution in [2.45, 2.75) is 64.1 Å². The lowest BCUT2D eigenvalue weighted by Crippen LogP contribution is -2.31. The first kappa shape index (κ1) is 19.7. The number of nitrogen functional groups attached to an aromatic ring is 1. The number of halogens is 2. The Morgan fingerprint density at radius 1 is 1.13 bits per heavy atom. The number of anilines is 1. The van der Waals surface area contributed by atoms with Crippen molar-refractivity contribution in [2.24, 2.45) is 11.8 Å². The Morgan fingerprint density at radius 3 is 2.47 bits per heavy atom. The van der Waals surface area contributed by atoms with Crippen LogP contribution in [0.5, 0.6) is 5.75 Å². The molecule has 0 radical (unpaired) electrons. The fraction of sp³-hybridized carbons (Fsp3) is 0.636. The first-order chi connectivity index (χ1) is 14.4. The van der Waals surface area contributed by atoms with E-state index in [-0.39, 0.29) is 17.6 Å². The zero-order valence-electron chi connectivity index (χ0n) is 17.5. The van der Waals surface area contributed by atoms with Gasteiger partial charge in [0.05, 0.1) is 5.69 Å². The van der Waals surface area contributed by atoms with Crippen LogP contribution in [0.2, 0.25) is 0 Å². The largest absolute Gasteiger partial charge is 0.431 e. The van der Waals surface area contributed by atoms with Crippen LogP contribution in [-0.2, 0) is 0 Å². The quantitative estimate of drug-likeness (QED) is 0.759. The van der Waals surface area contributed by atoms with Gasteiger partial charge in [0.2, 0.25) is 0 Å². The van der Waals surface area contributed by atoms with E-state index in [1.807, 2.05) is 0 Å². The summed E-state index contributed by atoms with van der Waals surface area (Å²) in [5.41, 5.74) is 8.31. The Kier molecular flexibility index (Phi) is 4.92. The minimum atomic E-state index is -2.94. The average Bonchev–Trinajstić information content (AvgIpc) is 3.22. The smallest absolute Gasteiger partial charge is 0.387 e. The van der Waals surface area contributed by atoms with Gasteiger partial charge in [-0.15, -0.1) is 0 Å². The summed E-state index contributed by atoms with van der Waals surface area (Å²) in [6.45, 7) is 3.82. The molecule has 0 spiro atoms. The molecular formula is C22H29F2N5O. The second-order valence-electron chi connectivity index (χ2n) is 9.20. The molecule has 2 aromatic rings. The van der Waals surface area contributed by atoms with Gasteiger partial charge in [0.25, 0.3) is 0 Å². The highest BCUT2D eigenvalue weighted by atomic mass is 19.3. The summed E-state index contributed by atoms with van der Waals surface area (Å²) < 4.78 is 31.9. The molecule has 2 unspecified atom stereocenters. The van der Waals surface area contributed by atoms with E-state index >= 15 is 0 Å². The molecule has 3 heterocycles. The highest BCUT2D eigenvalue weighted by molar-refractivity contribution is 5.64. The van der Waals surface area contributed by atoms with E-state index in [0.717, 1.165) is 23.6 Å². The van der Waals surface area contributed by atoms with Gasteiger partial charge in [0.15, 0.2) is 11.6 Å². The van der Waals surface area contributed by atoms with Crippen LogP contribution < -0.4 is 10.5 Å². The summed E-state index contributed by atoms with van der Waals surface area (Å²) in [5.74, 6) is 1.86. The number of rotatable bonds is 6. The molecule has 2 aliphatic carbocycles. The van der Waals surface area contributed by atoms with E-state index in [0.29, 0.717) is 11.5 Å². The van der Waals surface area contributed by atoms with Crippen LogP contribution in [0.3, 0.4) is 0 Å². The predicted octanol–water partition coefficient (Wildman–Crippen LogP) is 4.30. The number of hydrogen-bond donors (Lipinski definition) is 1. The number of aromatic nitrogens is 3. The molecule has 3 fully saturated rings. The van der Waals surface area contributed by atoms with Crippen LogP contribution in [0.15, 0.2) is 18.3 Å². The lowest BCUT2D eigenvalue weighted by Gasteiger charge is -2.25. The summed E-state index contributed by atoms with van der Waals surface area (Å²) in [7, 11) is 0. The van der Waals surface area contributed by atoms with Crippen LogP contribution in [-0.4, -0.2) is 45.4 Å². The van der Waals surface area contributed by atoms with Crippen molar-refractivity contribution in [3.8, 4) is 17.0 Å². The maximum atomic E-state index is 12.7. The summed E-state index contributed by atoms with van der Waals surface area (Å²) in [6.07, 6.45) is 6.81. The van der Waals surface area contributed by atoms with E-state index in [1.54, 1.807) is 6.20 Å². The number of nitrogens with two attached hydrogens (primary N) is 1. The first-order valence-corrected chi connectivity index (χ1v) is 11.0. The predicted molar refractivity (Wildman–Crippen MR) is 110 cm³/mol. The number of hydrogen-bond acceptors (Lipinski definition) is 5. The highest BCUT2D eigenvalue weighted by Gasteiger charge is 2.58. The van der Waals surface area contributed by atoms with E-state index in [9.17, 15) is 8.78 Å². The molecule has 5 rings (SSSR count). The Morgan fingerprint density at radius 2 is 1.83 bits per heavy atom. The molecule has 2 aromatic heterocycles. The first-order valence-electron chi connectivity index (χ1n) is 11.0. The zero-order valence-corrected chi connectivity index (χ0v) is 17.5. The van der Waals surface area contributed by atoms with Crippen molar-refractivity contribution in [3.63, 3.8) is 0 Å². The van der Waals surface area contributed by atoms with Crippen LogP contribution in [0, 0.1) is 11.8 Å². The highest BCUT2D eigenvalue weighted by Crippen LogP contribution is 2.64. The summed E-state index contributed by atoms with van der Waals surface area (Å²) in [5, 5.41) is 4.80. The third-order valence-electron chi connectivity index (χ3n) is 7.07. The molecule has 1 aliphatic heterocycles. The minimum absolute atomic E-state index is 0.0488. The average molecular weight is 418 g/mol. The molecule has 1 saturated heterocycles. The molecule has 4 atom stereocenters. The molecule has 0 aromatic carbocycles. The molecule has 6 nitrogen and oxygen atoms in total. The van der Waals surface area contributed by atoms with Crippen molar-refractivity contribution in [1.29, 1.82) is 0 Å². The lowest BCUT2D eigenvalue weighted by molar-refractivity contribution is -0.0494. The minimum Gasteiger partial charge on any atom is -0.431 e. The molecule has 2 saturated carbocycles. The van der Waals surface area contributed by atoms with Crippen LogP contribution in [0.25, 0.3) is 11.3 Å². The van der Waals surface area contributed by atoms with Crippen LogP contribution >= 0.6 is 0 Å². The van der Waals surface area contributed by atoms with Gasteiger partial charge in [-0.1, -0.05) is 0 Å². The molecule has 3 aliphatic rings. The third-order valence-corrected chi connectivity index (χ3v) is 7.07. The normalized spacial score (nSPS) is 28.5. The summed E-state index contributed by atoms with van der Waals surface area (Å²) in [4.78, 5) is 6.71. The summed E-state index contributed by atoms with van der Waals surface area (Å²) >= 11 is 0. The van der Waals surface area contributed by atoms with Gasteiger partial charge in [-0.2, -0.15) is 13.9 Å². The van der Waals surface area contributed by atoms with E-state index < -0.39 is 6.61 Å². The number of fused-ring (bicyclic) bond motifs is 1. The maximum absolute atomic E-state index is 12.7. The fourth-order valence-electron chi connectivity index (χ4n) is 5.65. The molecule has 0 bridgehead atoms. The molecular weight excluding hydrogens is 388 g/mol. The van der Waals surface area contributed by atoms with Crippen molar-refractivity contribution >= 4 is 5.82 Å². The lowest BCUT2D eigenvalue weighted by atomic mass is 10.0. The number of ether oxygens (including phenoxy) is 1. The molecule has 2 N–H and O–H groups in total. The molecule has 162 valence electrons. The molecule has 0 amide bonds. The van der Waals surface area contributed by atoms with Crippen molar-refractivity contribution in [1.82, 2.24) is 19.7 Å². The monoisotopic (exact) mass is 417 g/mol. The molecule has 30 heavy (non-hydrogen) atoms. The van der Waals surface area contributed by atoms with Crippen molar-refractivity contribution in [2.75, 3.05) is 18.8 Å². The van der Waals surface area contributed by atoms with E-state index in [2.05, 4.69) is 39.2 Å². The SMILES string of the molecule is CC(C)n1nc(-c2cnc(N)c(OC(F)F)c2)cc1C1[C@H]2CC(N3CCCC3)C[C@@H]12. The number of pyridine rings is 1. The van der Waals surface area contributed by atoms with Crippen molar-refractivity contribution < 1.29 is 13.5 Å². The Bertz CT molecular complexity index is 912. The standard InChI is InChI=1S/C22H29F2N5O/c1-12(2)29-18(20-15-8-14(9-16(15)20)28-5-3-4-6-28)10-17(27-29)13-7-19(30-22(23)24)21(25)26-11-13/h7,10-12,14-16,20,22H,3-6,8-9H2,1-2H3,(H2,25,26)/t14?,15-,16+,20?. The Labute approximate surface area is 175 Å². The van der Waals surface area contributed by atoms with Gasteiger partial charge in [0.1, 0.15) is 0 Å². The van der Waals surface area contributed by atoms with Gasteiger partial charge in [-0.25, -0.2) is 4.98 Å².